The summed E-state index contributed by atoms with van der Waals surface area (Å²) in [6, 6.07) is 15.4. The molecule has 5 rings (SSSR count). The summed E-state index contributed by atoms with van der Waals surface area (Å²) in [6.07, 6.45) is 2.13. The lowest BCUT2D eigenvalue weighted by Crippen LogP contribution is -2.32. The first kappa shape index (κ1) is 24.7. The smallest absolute Gasteiger partial charge is 0.338 e. The minimum absolute atomic E-state index is 0.311. The molecule has 2 heterocycles. The molecule has 0 aliphatic heterocycles. The third-order valence-corrected chi connectivity index (χ3v) is 7.99. The Labute approximate surface area is 219 Å². The number of rotatable bonds is 6. The second-order valence-electron chi connectivity index (χ2n) is 9.64. The number of imidazole rings is 1. The lowest BCUT2D eigenvalue weighted by atomic mass is 9.88. The van der Waals surface area contributed by atoms with Crippen LogP contribution >= 0.6 is 11.3 Å². The quantitative estimate of drug-likeness (QED) is 0.300. The van der Waals surface area contributed by atoms with Crippen molar-refractivity contribution < 1.29 is 14.3 Å². The standard InChI is InChI=1S/C29H28N4O3S/c1-4-24(27(34)33-28-21(15-30)20-11-7-17(3)13-25(20)37-28)36-29(35)19-10-12-22-23(14-19)32-26(31-22)18-8-5-16(2)6-9-18/h5-6,8-10,12,14,17,24H,4,7,11,13H2,1-3H3,(H,31,32)(H,33,34). The molecular formula is C29H28N4O3S. The summed E-state index contributed by atoms with van der Waals surface area (Å²) in [7, 11) is 0. The third-order valence-electron chi connectivity index (χ3n) is 6.82. The Morgan fingerprint density at radius 3 is 2.78 bits per heavy atom. The number of esters is 1. The Kier molecular flexibility index (Phi) is 6.81. The van der Waals surface area contributed by atoms with Crippen LogP contribution in [-0.2, 0) is 22.4 Å². The lowest BCUT2D eigenvalue weighted by molar-refractivity contribution is -0.124. The molecule has 2 N–H and O–H groups in total. The van der Waals surface area contributed by atoms with Crippen LogP contribution in [0.5, 0.6) is 0 Å². The maximum Gasteiger partial charge on any atom is 0.338 e. The molecule has 0 fully saturated rings. The SMILES string of the molecule is CCC(OC(=O)c1ccc2nc(-c3ccc(C)cc3)[nH]c2c1)C(=O)Nc1sc2c(c1C#N)CCC(C)C2. The number of fused-ring (bicyclic) bond motifs is 2. The van der Waals surface area contributed by atoms with Crippen molar-refractivity contribution in [3.63, 3.8) is 0 Å². The van der Waals surface area contributed by atoms with Crippen molar-refractivity contribution in [1.82, 2.24) is 9.97 Å². The first-order valence-corrected chi connectivity index (χ1v) is 13.3. The number of benzene rings is 2. The van der Waals surface area contributed by atoms with Gasteiger partial charge in [-0.15, -0.1) is 11.3 Å². The zero-order valence-electron chi connectivity index (χ0n) is 21.1. The normalized spacial score (nSPS) is 15.6. The monoisotopic (exact) mass is 512 g/mol. The van der Waals surface area contributed by atoms with Gasteiger partial charge in [-0.3, -0.25) is 4.79 Å². The highest BCUT2D eigenvalue weighted by Gasteiger charge is 2.28. The molecule has 1 aliphatic carbocycles. The van der Waals surface area contributed by atoms with Crippen molar-refractivity contribution in [1.29, 1.82) is 5.26 Å². The van der Waals surface area contributed by atoms with Gasteiger partial charge < -0.3 is 15.0 Å². The van der Waals surface area contributed by atoms with Crippen LogP contribution in [0.4, 0.5) is 5.00 Å². The molecule has 37 heavy (non-hydrogen) atoms. The van der Waals surface area contributed by atoms with E-state index in [0.29, 0.717) is 39.8 Å². The topological polar surface area (TPSA) is 108 Å². The van der Waals surface area contributed by atoms with Crippen molar-refractivity contribution in [2.75, 3.05) is 5.32 Å². The molecular weight excluding hydrogens is 484 g/mol. The molecule has 0 radical (unpaired) electrons. The highest BCUT2D eigenvalue weighted by molar-refractivity contribution is 7.16. The summed E-state index contributed by atoms with van der Waals surface area (Å²) in [4.78, 5) is 35.0. The van der Waals surface area contributed by atoms with Gasteiger partial charge in [-0.05, 0) is 62.3 Å². The number of ether oxygens (including phenoxy) is 1. The number of aryl methyl sites for hydroxylation is 1. The maximum atomic E-state index is 13.0. The number of nitrogens with one attached hydrogen (secondary N) is 2. The number of carbonyl (C=O) groups is 2. The fraction of sp³-hybridized carbons (Fsp3) is 0.310. The fourth-order valence-corrected chi connectivity index (χ4v) is 6.02. The van der Waals surface area contributed by atoms with Crippen molar-refractivity contribution in [2.45, 2.75) is 52.6 Å². The zero-order valence-corrected chi connectivity index (χ0v) is 21.9. The zero-order chi connectivity index (χ0) is 26.1. The van der Waals surface area contributed by atoms with Gasteiger partial charge in [-0.25, -0.2) is 9.78 Å². The number of amides is 1. The molecule has 0 spiro atoms. The van der Waals surface area contributed by atoms with Crippen molar-refractivity contribution >= 4 is 39.2 Å². The average molecular weight is 513 g/mol. The van der Waals surface area contributed by atoms with E-state index in [0.717, 1.165) is 46.3 Å². The summed E-state index contributed by atoms with van der Waals surface area (Å²) in [6.45, 7) is 6.01. The lowest BCUT2D eigenvalue weighted by Gasteiger charge is -2.17. The molecule has 2 aromatic heterocycles. The minimum atomic E-state index is -0.974. The molecule has 2 unspecified atom stereocenters. The van der Waals surface area contributed by atoms with Gasteiger partial charge in [0.1, 0.15) is 16.9 Å². The van der Waals surface area contributed by atoms with Crippen LogP contribution in [0, 0.1) is 24.2 Å². The summed E-state index contributed by atoms with van der Waals surface area (Å²) >= 11 is 1.46. The van der Waals surface area contributed by atoms with Gasteiger partial charge in [0.05, 0.1) is 22.2 Å². The Hall–Kier alpha value is -3.96. The number of anilines is 1. The van der Waals surface area contributed by atoms with Crippen LogP contribution in [0.15, 0.2) is 42.5 Å². The van der Waals surface area contributed by atoms with Crippen LogP contribution in [0.2, 0.25) is 0 Å². The average Bonchev–Trinajstić information content (AvgIpc) is 3.47. The van der Waals surface area contributed by atoms with Crippen molar-refractivity contribution in [3.8, 4) is 17.5 Å². The van der Waals surface area contributed by atoms with E-state index in [9.17, 15) is 14.9 Å². The Morgan fingerprint density at radius 2 is 2.05 bits per heavy atom. The molecule has 0 saturated heterocycles. The van der Waals surface area contributed by atoms with E-state index < -0.39 is 18.0 Å². The van der Waals surface area contributed by atoms with E-state index in [1.54, 1.807) is 25.1 Å². The maximum absolute atomic E-state index is 13.0. The second kappa shape index (κ2) is 10.2. The third kappa shape index (κ3) is 5.00. The summed E-state index contributed by atoms with van der Waals surface area (Å²) in [5.74, 6) is 0.261. The largest absolute Gasteiger partial charge is 0.449 e. The van der Waals surface area contributed by atoms with Crippen LogP contribution < -0.4 is 5.32 Å². The van der Waals surface area contributed by atoms with Crippen molar-refractivity contribution in [3.05, 3.63) is 69.6 Å². The van der Waals surface area contributed by atoms with E-state index in [-0.39, 0.29) is 0 Å². The van der Waals surface area contributed by atoms with E-state index in [1.165, 1.54) is 11.3 Å². The molecule has 7 nitrogen and oxygen atoms in total. The fourth-order valence-electron chi connectivity index (χ4n) is 4.65. The van der Waals surface area contributed by atoms with Crippen LogP contribution in [0.3, 0.4) is 0 Å². The first-order chi connectivity index (χ1) is 17.9. The van der Waals surface area contributed by atoms with Gasteiger partial charge in [0.25, 0.3) is 5.91 Å². The molecule has 2 aromatic carbocycles. The van der Waals surface area contributed by atoms with Gasteiger partial charge in [-0.2, -0.15) is 5.26 Å². The van der Waals surface area contributed by atoms with Crippen LogP contribution in [0.1, 0.15) is 58.6 Å². The Balaban J connectivity index is 1.31. The number of carbonyl (C=O) groups excluding carboxylic acids is 2. The van der Waals surface area contributed by atoms with E-state index >= 15 is 0 Å². The highest BCUT2D eigenvalue weighted by Crippen LogP contribution is 2.39. The number of hydrogen-bond donors (Lipinski definition) is 2. The second-order valence-corrected chi connectivity index (χ2v) is 10.7. The molecule has 0 saturated carbocycles. The van der Waals surface area contributed by atoms with Crippen molar-refractivity contribution in [2.24, 2.45) is 5.92 Å². The summed E-state index contributed by atoms with van der Waals surface area (Å²) in [5.41, 5.74) is 5.47. The molecule has 2 atom stereocenters. The van der Waals surface area contributed by atoms with E-state index in [1.807, 2.05) is 31.2 Å². The Bertz CT molecular complexity index is 1530. The van der Waals surface area contributed by atoms with Gasteiger partial charge in [0.2, 0.25) is 0 Å². The number of hydrogen-bond acceptors (Lipinski definition) is 6. The molecule has 1 amide bonds. The molecule has 1 aliphatic rings. The number of nitriles is 1. The van der Waals surface area contributed by atoms with Gasteiger partial charge >= 0.3 is 5.97 Å². The van der Waals surface area contributed by atoms with Gasteiger partial charge in [0.15, 0.2) is 6.10 Å². The number of aromatic amines is 1. The number of nitrogens with zero attached hydrogens (tertiary/aromatic N) is 2. The van der Waals surface area contributed by atoms with Crippen LogP contribution in [0.25, 0.3) is 22.4 Å². The first-order valence-electron chi connectivity index (χ1n) is 12.5. The Morgan fingerprint density at radius 1 is 1.27 bits per heavy atom. The number of aromatic nitrogens is 2. The highest BCUT2D eigenvalue weighted by atomic mass is 32.1. The predicted molar refractivity (Wildman–Crippen MR) is 145 cm³/mol. The molecule has 8 heteroatoms. The molecule has 188 valence electrons. The molecule has 0 bridgehead atoms. The summed E-state index contributed by atoms with van der Waals surface area (Å²) in [5, 5.41) is 13.1. The van der Waals surface area contributed by atoms with Gasteiger partial charge in [-0.1, -0.05) is 43.7 Å². The van der Waals surface area contributed by atoms with E-state index in [2.05, 4.69) is 28.3 Å². The number of H-pyrrole nitrogens is 1. The van der Waals surface area contributed by atoms with E-state index in [4.69, 9.17) is 4.74 Å². The number of thiophene rings is 1. The van der Waals surface area contributed by atoms with Crippen LogP contribution in [-0.4, -0.2) is 27.9 Å². The minimum Gasteiger partial charge on any atom is -0.449 e. The van der Waals surface area contributed by atoms with Gasteiger partial charge in [0, 0.05) is 10.4 Å². The summed E-state index contributed by atoms with van der Waals surface area (Å²) < 4.78 is 5.60. The molecule has 4 aromatic rings. The predicted octanol–water partition coefficient (Wildman–Crippen LogP) is 6.17.